The van der Waals surface area contributed by atoms with Crippen molar-refractivity contribution in [3.05, 3.63) is 46.7 Å². The number of nitrogens with one attached hydrogen (secondary N) is 1. The van der Waals surface area contributed by atoms with Crippen molar-refractivity contribution in [3.8, 4) is 0 Å². The fourth-order valence-electron chi connectivity index (χ4n) is 1.59. The SMILES string of the molecule is CCC(NCc1ccncn1)c1cccs1. The highest BCUT2D eigenvalue weighted by Gasteiger charge is 2.09. The van der Waals surface area contributed by atoms with Gasteiger partial charge in [-0.25, -0.2) is 9.97 Å². The first-order valence-corrected chi connectivity index (χ1v) is 6.29. The summed E-state index contributed by atoms with van der Waals surface area (Å²) in [7, 11) is 0. The van der Waals surface area contributed by atoms with Gasteiger partial charge in [-0.3, -0.25) is 0 Å². The molecule has 0 aromatic carbocycles. The van der Waals surface area contributed by atoms with Crippen LogP contribution in [-0.2, 0) is 6.54 Å². The Morgan fingerprint density at radius 2 is 2.38 bits per heavy atom. The zero-order chi connectivity index (χ0) is 11.2. The van der Waals surface area contributed by atoms with Crippen molar-refractivity contribution in [2.24, 2.45) is 0 Å². The van der Waals surface area contributed by atoms with E-state index in [1.807, 2.05) is 6.07 Å². The van der Waals surface area contributed by atoms with Crippen molar-refractivity contribution < 1.29 is 0 Å². The summed E-state index contributed by atoms with van der Waals surface area (Å²) >= 11 is 1.80. The standard InChI is InChI=1S/C12H15N3S/c1-2-11(12-4-3-7-16-12)14-8-10-5-6-13-9-15-10/h3-7,9,11,14H,2,8H2,1H3. The van der Waals surface area contributed by atoms with Gasteiger partial charge in [-0.2, -0.15) is 0 Å². The first-order valence-electron chi connectivity index (χ1n) is 5.42. The Hall–Kier alpha value is -1.26. The monoisotopic (exact) mass is 233 g/mol. The summed E-state index contributed by atoms with van der Waals surface area (Å²) in [4.78, 5) is 9.49. The second kappa shape index (κ2) is 5.72. The minimum atomic E-state index is 0.426. The molecule has 3 nitrogen and oxygen atoms in total. The lowest BCUT2D eigenvalue weighted by Crippen LogP contribution is -2.19. The molecule has 0 spiro atoms. The van der Waals surface area contributed by atoms with Crippen LogP contribution in [0.2, 0.25) is 0 Å². The van der Waals surface area contributed by atoms with Gasteiger partial charge in [-0.15, -0.1) is 11.3 Å². The minimum Gasteiger partial charge on any atom is -0.304 e. The molecule has 0 bridgehead atoms. The summed E-state index contributed by atoms with van der Waals surface area (Å²) in [5.74, 6) is 0. The molecule has 0 saturated carbocycles. The van der Waals surface area contributed by atoms with E-state index in [9.17, 15) is 0 Å². The van der Waals surface area contributed by atoms with E-state index in [4.69, 9.17) is 0 Å². The van der Waals surface area contributed by atoms with E-state index in [1.54, 1.807) is 23.9 Å². The molecule has 2 rings (SSSR count). The van der Waals surface area contributed by atoms with Gasteiger partial charge in [0.25, 0.3) is 0 Å². The second-order valence-electron chi connectivity index (χ2n) is 3.56. The third kappa shape index (κ3) is 2.87. The summed E-state index contributed by atoms with van der Waals surface area (Å²) in [6.45, 7) is 2.98. The Morgan fingerprint density at radius 1 is 1.44 bits per heavy atom. The number of thiophene rings is 1. The van der Waals surface area contributed by atoms with Gasteiger partial charge in [-0.05, 0) is 23.9 Å². The molecule has 84 valence electrons. The van der Waals surface area contributed by atoms with Gasteiger partial charge < -0.3 is 5.32 Å². The van der Waals surface area contributed by atoms with Gasteiger partial charge in [0.15, 0.2) is 0 Å². The minimum absolute atomic E-state index is 0.426. The molecule has 0 aliphatic heterocycles. The number of rotatable bonds is 5. The lowest BCUT2D eigenvalue weighted by Gasteiger charge is -2.14. The van der Waals surface area contributed by atoms with Gasteiger partial charge >= 0.3 is 0 Å². The molecule has 1 unspecified atom stereocenters. The van der Waals surface area contributed by atoms with Gasteiger partial charge in [0, 0.05) is 23.7 Å². The normalized spacial score (nSPS) is 12.6. The molecule has 1 N–H and O–H groups in total. The Balaban J connectivity index is 1.94. The summed E-state index contributed by atoms with van der Waals surface area (Å²) in [5.41, 5.74) is 1.03. The molecule has 2 aromatic rings. The molecule has 2 aromatic heterocycles. The number of hydrogen-bond donors (Lipinski definition) is 1. The molecule has 4 heteroatoms. The second-order valence-corrected chi connectivity index (χ2v) is 4.54. The number of nitrogens with zero attached hydrogens (tertiary/aromatic N) is 2. The molecule has 0 amide bonds. The summed E-state index contributed by atoms with van der Waals surface area (Å²) < 4.78 is 0. The van der Waals surface area contributed by atoms with E-state index in [0.717, 1.165) is 18.7 Å². The number of hydrogen-bond acceptors (Lipinski definition) is 4. The summed E-state index contributed by atoms with van der Waals surface area (Å²) in [6.07, 6.45) is 4.45. The fraction of sp³-hybridized carbons (Fsp3) is 0.333. The van der Waals surface area contributed by atoms with Crippen LogP contribution in [-0.4, -0.2) is 9.97 Å². The lowest BCUT2D eigenvalue weighted by atomic mass is 10.2. The van der Waals surface area contributed by atoms with Crippen LogP contribution in [0.1, 0.15) is 30.0 Å². The highest BCUT2D eigenvalue weighted by Crippen LogP contribution is 2.21. The van der Waals surface area contributed by atoms with Crippen LogP contribution in [0.3, 0.4) is 0 Å². The van der Waals surface area contributed by atoms with Crippen molar-refractivity contribution >= 4 is 11.3 Å². The molecule has 0 aliphatic rings. The predicted octanol–water partition coefficient (Wildman–Crippen LogP) is 2.78. The maximum absolute atomic E-state index is 4.20. The maximum atomic E-state index is 4.20. The Labute approximate surface area is 99.6 Å². The molecule has 2 heterocycles. The van der Waals surface area contributed by atoms with Crippen molar-refractivity contribution in [1.82, 2.24) is 15.3 Å². The highest BCUT2D eigenvalue weighted by atomic mass is 32.1. The van der Waals surface area contributed by atoms with Crippen LogP contribution in [0.4, 0.5) is 0 Å². The summed E-state index contributed by atoms with van der Waals surface area (Å²) in [5, 5.41) is 5.62. The molecular formula is C12H15N3S. The average Bonchev–Trinajstić information content (AvgIpc) is 2.85. The largest absolute Gasteiger partial charge is 0.304 e. The topological polar surface area (TPSA) is 37.8 Å². The van der Waals surface area contributed by atoms with Crippen LogP contribution < -0.4 is 5.32 Å². The lowest BCUT2D eigenvalue weighted by molar-refractivity contribution is 0.521. The van der Waals surface area contributed by atoms with E-state index in [1.165, 1.54) is 4.88 Å². The smallest absolute Gasteiger partial charge is 0.115 e. The molecule has 0 saturated heterocycles. The van der Waals surface area contributed by atoms with Crippen LogP contribution in [0.5, 0.6) is 0 Å². The van der Waals surface area contributed by atoms with Crippen molar-refractivity contribution in [1.29, 1.82) is 0 Å². The van der Waals surface area contributed by atoms with Gasteiger partial charge in [-0.1, -0.05) is 13.0 Å². The summed E-state index contributed by atoms with van der Waals surface area (Å²) in [6, 6.07) is 6.63. The van der Waals surface area contributed by atoms with E-state index in [-0.39, 0.29) is 0 Å². The molecule has 0 fully saturated rings. The van der Waals surface area contributed by atoms with Crippen LogP contribution in [0.25, 0.3) is 0 Å². The maximum Gasteiger partial charge on any atom is 0.115 e. The molecule has 1 atom stereocenters. The van der Waals surface area contributed by atoms with Crippen molar-refractivity contribution in [2.75, 3.05) is 0 Å². The predicted molar refractivity (Wildman–Crippen MR) is 66.2 cm³/mol. The van der Waals surface area contributed by atoms with Crippen LogP contribution in [0, 0.1) is 0 Å². The first-order chi connectivity index (χ1) is 7.90. The zero-order valence-electron chi connectivity index (χ0n) is 9.26. The molecular weight excluding hydrogens is 218 g/mol. The quantitative estimate of drug-likeness (QED) is 0.863. The Kier molecular flexibility index (Phi) is 4.02. The third-order valence-electron chi connectivity index (χ3n) is 2.47. The van der Waals surface area contributed by atoms with Crippen LogP contribution in [0.15, 0.2) is 36.1 Å². The average molecular weight is 233 g/mol. The Morgan fingerprint density at radius 3 is 3.00 bits per heavy atom. The molecule has 0 radical (unpaired) electrons. The van der Waals surface area contributed by atoms with E-state index < -0.39 is 0 Å². The first kappa shape index (κ1) is 11.2. The van der Waals surface area contributed by atoms with Crippen molar-refractivity contribution in [2.45, 2.75) is 25.9 Å². The van der Waals surface area contributed by atoms with E-state index in [0.29, 0.717) is 6.04 Å². The van der Waals surface area contributed by atoms with Crippen LogP contribution >= 0.6 is 11.3 Å². The molecule has 0 aliphatic carbocycles. The van der Waals surface area contributed by atoms with Crippen molar-refractivity contribution in [3.63, 3.8) is 0 Å². The Bertz CT molecular complexity index is 399. The van der Waals surface area contributed by atoms with Gasteiger partial charge in [0.05, 0.1) is 5.69 Å². The van der Waals surface area contributed by atoms with E-state index in [2.05, 4.69) is 39.7 Å². The van der Waals surface area contributed by atoms with E-state index >= 15 is 0 Å². The fourth-order valence-corrected chi connectivity index (χ4v) is 2.47. The zero-order valence-corrected chi connectivity index (χ0v) is 10.1. The number of aromatic nitrogens is 2. The third-order valence-corrected chi connectivity index (χ3v) is 3.45. The van der Waals surface area contributed by atoms with Gasteiger partial charge in [0.2, 0.25) is 0 Å². The molecule has 16 heavy (non-hydrogen) atoms. The van der Waals surface area contributed by atoms with Gasteiger partial charge in [0.1, 0.15) is 6.33 Å². The highest BCUT2D eigenvalue weighted by molar-refractivity contribution is 7.10.